The summed E-state index contributed by atoms with van der Waals surface area (Å²) >= 11 is 0. The first-order chi connectivity index (χ1) is 16.7. The van der Waals surface area contributed by atoms with E-state index in [2.05, 4.69) is 20.3 Å². The highest BCUT2D eigenvalue weighted by Crippen LogP contribution is 2.36. The van der Waals surface area contributed by atoms with Crippen LogP contribution in [0.25, 0.3) is 11.3 Å². The van der Waals surface area contributed by atoms with Crippen LogP contribution in [0.5, 0.6) is 17.4 Å². The second-order valence-corrected chi connectivity index (χ2v) is 8.63. The van der Waals surface area contributed by atoms with E-state index in [4.69, 9.17) is 14.5 Å². The number of imidazole rings is 1. The molecule has 8 nitrogen and oxygen atoms in total. The fraction of sp³-hybridized carbons (Fsp3) is 0.231. The fourth-order valence-electron chi connectivity index (χ4n) is 4.07. The number of rotatable bonds is 6. The molecule has 170 valence electrons. The van der Waals surface area contributed by atoms with E-state index < -0.39 is 0 Å². The van der Waals surface area contributed by atoms with Crippen molar-refractivity contribution in [2.75, 3.05) is 11.9 Å². The largest absolute Gasteiger partial charge is 0.493 e. The second-order valence-electron chi connectivity index (χ2n) is 8.63. The zero-order valence-corrected chi connectivity index (χ0v) is 18.4. The number of H-pyrrole nitrogens is 1. The van der Waals surface area contributed by atoms with Crippen LogP contribution in [0.1, 0.15) is 30.1 Å². The van der Waals surface area contributed by atoms with Crippen molar-refractivity contribution in [1.29, 1.82) is 0 Å². The number of ether oxygens (including phenoxy) is 2. The first-order valence-electron chi connectivity index (χ1n) is 11.4. The number of anilines is 1. The highest BCUT2D eigenvalue weighted by atomic mass is 16.5. The number of fused-ring (bicyclic) bond motifs is 1. The number of hydrogen-bond acceptors (Lipinski definition) is 6. The van der Waals surface area contributed by atoms with E-state index >= 15 is 0 Å². The molecule has 8 heteroatoms. The van der Waals surface area contributed by atoms with E-state index in [1.807, 2.05) is 54.7 Å². The average molecular weight is 454 g/mol. The Morgan fingerprint density at radius 3 is 2.82 bits per heavy atom. The zero-order chi connectivity index (χ0) is 22.9. The fourth-order valence-corrected chi connectivity index (χ4v) is 4.07. The van der Waals surface area contributed by atoms with Crippen LogP contribution in [0.15, 0.2) is 67.1 Å². The van der Waals surface area contributed by atoms with Gasteiger partial charge in [0.1, 0.15) is 29.5 Å². The van der Waals surface area contributed by atoms with Gasteiger partial charge in [-0.25, -0.2) is 15.0 Å². The molecule has 4 aromatic rings. The van der Waals surface area contributed by atoms with Crippen LogP contribution in [0.4, 0.5) is 5.82 Å². The molecule has 2 N–H and O–H groups in total. The third kappa shape index (κ3) is 4.34. The second kappa shape index (κ2) is 8.62. The quantitative estimate of drug-likeness (QED) is 0.438. The summed E-state index contributed by atoms with van der Waals surface area (Å²) in [5.74, 6) is 3.42. The lowest BCUT2D eigenvalue weighted by Crippen LogP contribution is -2.20. The van der Waals surface area contributed by atoms with Crippen molar-refractivity contribution in [2.24, 2.45) is 5.92 Å². The molecule has 1 aliphatic heterocycles. The monoisotopic (exact) mass is 453 g/mol. The molecule has 0 saturated heterocycles. The number of amides is 1. The average Bonchev–Trinajstić information content (AvgIpc) is 3.61. The van der Waals surface area contributed by atoms with E-state index in [9.17, 15) is 4.79 Å². The Bertz CT molecular complexity index is 1330. The van der Waals surface area contributed by atoms with Crippen molar-refractivity contribution in [1.82, 2.24) is 19.9 Å². The minimum absolute atomic E-state index is 0.00466. The molecule has 1 unspecified atom stereocenters. The highest BCUT2D eigenvalue weighted by Gasteiger charge is 2.30. The van der Waals surface area contributed by atoms with Crippen molar-refractivity contribution in [2.45, 2.75) is 25.2 Å². The summed E-state index contributed by atoms with van der Waals surface area (Å²) in [6, 6.07) is 17.5. The van der Waals surface area contributed by atoms with Gasteiger partial charge in [-0.2, -0.15) is 0 Å². The van der Waals surface area contributed by atoms with E-state index in [0.717, 1.165) is 47.7 Å². The van der Waals surface area contributed by atoms with Crippen LogP contribution in [0.3, 0.4) is 0 Å². The van der Waals surface area contributed by atoms with Crippen LogP contribution in [0, 0.1) is 5.92 Å². The van der Waals surface area contributed by atoms with E-state index in [-0.39, 0.29) is 17.7 Å². The molecule has 0 bridgehead atoms. The van der Waals surface area contributed by atoms with Gasteiger partial charge in [-0.3, -0.25) is 4.79 Å². The zero-order valence-electron chi connectivity index (χ0n) is 18.4. The molecule has 2 aromatic heterocycles. The molecule has 34 heavy (non-hydrogen) atoms. The molecule has 0 spiro atoms. The summed E-state index contributed by atoms with van der Waals surface area (Å²) in [5.41, 5.74) is 3.05. The van der Waals surface area contributed by atoms with Gasteiger partial charge in [0.15, 0.2) is 0 Å². The number of hydrogen-bond donors (Lipinski definition) is 2. The van der Waals surface area contributed by atoms with Crippen molar-refractivity contribution >= 4 is 11.7 Å². The summed E-state index contributed by atoms with van der Waals surface area (Å²) in [7, 11) is 0. The van der Waals surface area contributed by atoms with Crippen LogP contribution in [-0.4, -0.2) is 32.4 Å². The van der Waals surface area contributed by atoms with E-state index in [1.54, 1.807) is 6.07 Å². The molecule has 6 rings (SSSR count). The van der Waals surface area contributed by atoms with Crippen LogP contribution < -0.4 is 14.8 Å². The number of aromatic amines is 1. The van der Waals surface area contributed by atoms with Crippen molar-refractivity contribution in [3.8, 4) is 28.6 Å². The van der Waals surface area contributed by atoms with E-state index in [0.29, 0.717) is 24.1 Å². The number of nitrogens with zero attached hydrogens (tertiary/aromatic N) is 3. The molecule has 1 saturated carbocycles. The van der Waals surface area contributed by atoms with Gasteiger partial charge in [0.05, 0.1) is 18.2 Å². The van der Waals surface area contributed by atoms with Gasteiger partial charge in [-0.15, -0.1) is 0 Å². The summed E-state index contributed by atoms with van der Waals surface area (Å²) in [5, 5.41) is 2.82. The molecular formula is C26H23N5O3. The molecular weight excluding hydrogens is 430 g/mol. The smallest absolute Gasteiger partial charge is 0.228 e. The van der Waals surface area contributed by atoms with Gasteiger partial charge in [0.25, 0.3) is 0 Å². The standard InChI is InChI=1S/C26H23N5O3/c32-26(17-6-7-17)31-23-12-24(29-15-28-23)34-20-8-9-22-18(11-20)10-19(14-33-22)25-27-13-21(30-25)16-4-2-1-3-5-16/h1-5,8-9,11-13,15,17,19H,6-7,10,14H2,(H,27,30)(H,28,29,31,32). The van der Waals surface area contributed by atoms with Crippen molar-refractivity contribution in [3.05, 3.63) is 78.5 Å². The Labute approximate surface area is 196 Å². The van der Waals surface area contributed by atoms with Gasteiger partial charge in [-0.1, -0.05) is 30.3 Å². The normalized spacial score (nSPS) is 16.9. The number of benzene rings is 2. The molecule has 2 aromatic carbocycles. The lowest BCUT2D eigenvalue weighted by Gasteiger charge is -2.24. The Morgan fingerprint density at radius 1 is 1.09 bits per heavy atom. The van der Waals surface area contributed by atoms with E-state index in [1.165, 1.54) is 6.33 Å². The molecule has 2 aliphatic rings. The predicted molar refractivity (Wildman–Crippen MR) is 126 cm³/mol. The predicted octanol–water partition coefficient (Wildman–Crippen LogP) is 4.73. The van der Waals surface area contributed by atoms with Gasteiger partial charge in [-0.05, 0) is 43.0 Å². The minimum Gasteiger partial charge on any atom is -0.493 e. The first kappa shape index (κ1) is 20.4. The maximum absolute atomic E-state index is 12.0. The summed E-state index contributed by atoms with van der Waals surface area (Å²) in [6.07, 6.45) is 5.97. The molecule has 1 fully saturated rings. The topological polar surface area (TPSA) is 102 Å². The minimum atomic E-state index is -0.00466. The van der Waals surface area contributed by atoms with Gasteiger partial charge < -0.3 is 19.8 Å². The third-order valence-corrected chi connectivity index (χ3v) is 6.06. The molecule has 1 atom stereocenters. The maximum Gasteiger partial charge on any atom is 0.228 e. The van der Waals surface area contributed by atoms with Crippen LogP contribution in [0.2, 0.25) is 0 Å². The molecule has 0 radical (unpaired) electrons. The van der Waals surface area contributed by atoms with Gasteiger partial charge in [0.2, 0.25) is 11.8 Å². The highest BCUT2D eigenvalue weighted by molar-refractivity contribution is 5.93. The van der Waals surface area contributed by atoms with Crippen molar-refractivity contribution in [3.63, 3.8) is 0 Å². The number of carbonyl (C=O) groups is 1. The molecule has 1 amide bonds. The number of nitrogens with one attached hydrogen (secondary N) is 2. The summed E-state index contributed by atoms with van der Waals surface area (Å²) in [6.45, 7) is 0.560. The van der Waals surface area contributed by atoms with Gasteiger partial charge >= 0.3 is 0 Å². The number of carbonyl (C=O) groups excluding carboxylic acids is 1. The molecule has 1 aliphatic carbocycles. The summed E-state index contributed by atoms with van der Waals surface area (Å²) < 4.78 is 12.0. The van der Waals surface area contributed by atoms with Crippen LogP contribution >= 0.6 is 0 Å². The van der Waals surface area contributed by atoms with Crippen molar-refractivity contribution < 1.29 is 14.3 Å². The Kier molecular flexibility index (Phi) is 5.18. The Balaban J connectivity index is 1.16. The Hall–Kier alpha value is -4.20. The first-order valence-corrected chi connectivity index (χ1v) is 11.4. The Morgan fingerprint density at radius 2 is 1.97 bits per heavy atom. The van der Waals surface area contributed by atoms with Crippen LogP contribution in [-0.2, 0) is 11.2 Å². The SMILES string of the molecule is O=C(Nc1cc(Oc2ccc3c(c2)CC(c2nc(-c4ccccc4)c[nH]2)CO3)ncn1)C1CC1. The lowest BCUT2D eigenvalue weighted by atomic mass is 9.96. The summed E-state index contributed by atoms with van der Waals surface area (Å²) in [4.78, 5) is 28.4. The third-order valence-electron chi connectivity index (χ3n) is 6.06. The lowest BCUT2D eigenvalue weighted by molar-refractivity contribution is -0.117. The maximum atomic E-state index is 12.0. The number of aromatic nitrogens is 4. The van der Waals surface area contributed by atoms with Gasteiger partial charge in [0, 0.05) is 23.7 Å². The molecule has 3 heterocycles.